The van der Waals surface area contributed by atoms with E-state index in [2.05, 4.69) is 13.8 Å². The quantitative estimate of drug-likeness (QED) is 0.0650. The molecule has 0 unspecified atom stereocenters. The summed E-state index contributed by atoms with van der Waals surface area (Å²) in [5, 5.41) is 0. The van der Waals surface area contributed by atoms with Crippen LogP contribution >= 0.6 is 7.82 Å². The Morgan fingerprint density at radius 1 is 0.395 bits per heavy atom. The first-order valence-electron chi connectivity index (χ1n) is 16.7. The zero-order valence-corrected chi connectivity index (χ0v) is 26.7. The summed E-state index contributed by atoms with van der Waals surface area (Å²) in [6.07, 6.45) is 36.4. The Kier molecular flexibility index (Phi) is 35.2. The highest BCUT2D eigenvalue weighted by molar-refractivity contribution is 7.47. The first kappa shape index (κ1) is 40.2. The summed E-state index contributed by atoms with van der Waals surface area (Å²) < 4.78 is 22.3. The van der Waals surface area contributed by atoms with Crippen LogP contribution in [0.2, 0.25) is 0 Å². The fourth-order valence-corrected chi connectivity index (χ4v) is 5.78. The van der Waals surface area contributed by atoms with Crippen molar-refractivity contribution in [3.8, 4) is 0 Å². The van der Waals surface area contributed by atoms with Crippen LogP contribution in [0.5, 0.6) is 0 Å². The molecule has 0 aliphatic heterocycles. The van der Waals surface area contributed by atoms with Crippen LogP contribution < -0.4 is 0 Å². The Labute approximate surface area is 238 Å². The summed E-state index contributed by atoms with van der Waals surface area (Å²) in [5.74, 6) is 0. The van der Waals surface area contributed by atoms with E-state index < -0.39 is 7.82 Å². The Hall–Kier alpha value is 0.0700. The number of hydrogen-bond acceptors (Lipinski definition) is 3. The smallest absolute Gasteiger partial charge is 0.412 e. The summed E-state index contributed by atoms with van der Waals surface area (Å²) in [4.78, 5) is 9.83. The maximum Gasteiger partial charge on any atom is 0.472 e. The SMILES string of the molecule is CCCCCCCCCCCCCCCCOP(=O)(O)OCCCCCCCCCCCCCCCC.O. The van der Waals surface area contributed by atoms with E-state index in [1.54, 1.807) is 0 Å². The molecular formula is C32H69O5P. The minimum Gasteiger partial charge on any atom is -0.412 e. The largest absolute Gasteiger partial charge is 0.472 e. The Morgan fingerprint density at radius 2 is 0.579 bits per heavy atom. The molecule has 0 saturated carbocycles. The summed E-state index contributed by atoms with van der Waals surface area (Å²) in [7, 11) is -3.87. The Morgan fingerprint density at radius 3 is 0.789 bits per heavy atom. The molecule has 232 valence electrons. The van der Waals surface area contributed by atoms with Crippen molar-refractivity contribution in [1.29, 1.82) is 0 Å². The third kappa shape index (κ3) is 34.1. The topological polar surface area (TPSA) is 87.3 Å². The maximum absolute atomic E-state index is 12.0. The lowest BCUT2D eigenvalue weighted by Crippen LogP contribution is -1.99. The molecule has 0 aliphatic carbocycles. The number of rotatable bonds is 32. The van der Waals surface area contributed by atoms with E-state index in [0.717, 1.165) is 25.7 Å². The van der Waals surface area contributed by atoms with Gasteiger partial charge in [0, 0.05) is 0 Å². The number of phosphoric ester groups is 1. The number of unbranched alkanes of at least 4 members (excludes halogenated alkanes) is 26. The second kappa shape index (κ2) is 33.3. The van der Waals surface area contributed by atoms with Crippen molar-refractivity contribution in [2.75, 3.05) is 13.2 Å². The molecule has 0 aromatic rings. The molecule has 0 aliphatic rings. The van der Waals surface area contributed by atoms with Crippen LogP contribution in [0.25, 0.3) is 0 Å². The van der Waals surface area contributed by atoms with Gasteiger partial charge in [-0.15, -0.1) is 0 Å². The summed E-state index contributed by atoms with van der Waals surface area (Å²) in [6, 6.07) is 0. The molecule has 5 nitrogen and oxygen atoms in total. The second-order valence-corrected chi connectivity index (χ2v) is 12.8. The van der Waals surface area contributed by atoms with E-state index in [-0.39, 0.29) is 5.48 Å². The zero-order valence-electron chi connectivity index (χ0n) is 25.8. The molecule has 6 heteroatoms. The molecule has 0 aromatic carbocycles. The van der Waals surface area contributed by atoms with Crippen LogP contribution in [-0.4, -0.2) is 23.6 Å². The lowest BCUT2D eigenvalue weighted by atomic mass is 10.0. The van der Waals surface area contributed by atoms with Crippen LogP contribution in [0.3, 0.4) is 0 Å². The van der Waals surface area contributed by atoms with Crippen molar-refractivity contribution < 1.29 is 24.0 Å². The average molecular weight is 565 g/mol. The number of hydrogen-bond donors (Lipinski definition) is 1. The fourth-order valence-electron chi connectivity index (χ4n) is 4.99. The van der Waals surface area contributed by atoms with Gasteiger partial charge in [-0.05, 0) is 12.8 Å². The van der Waals surface area contributed by atoms with Crippen LogP contribution in [0.15, 0.2) is 0 Å². The third-order valence-electron chi connectivity index (χ3n) is 7.50. The molecular weight excluding hydrogens is 495 g/mol. The van der Waals surface area contributed by atoms with Gasteiger partial charge >= 0.3 is 7.82 Å². The molecule has 0 spiro atoms. The highest BCUT2D eigenvalue weighted by atomic mass is 31.2. The molecule has 38 heavy (non-hydrogen) atoms. The third-order valence-corrected chi connectivity index (χ3v) is 8.52. The van der Waals surface area contributed by atoms with E-state index in [0.29, 0.717) is 13.2 Å². The van der Waals surface area contributed by atoms with Gasteiger partial charge in [0.2, 0.25) is 0 Å². The van der Waals surface area contributed by atoms with Crippen molar-refractivity contribution in [3.63, 3.8) is 0 Å². The standard InChI is InChI=1S/C32H67O4P.H2O/c1-3-5-7-9-11-13-15-17-19-21-23-25-27-29-31-35-37(33,34)36-32-30-28-26-24-22-20-18-16-14-12-10-8-6-4-2;/h3-32H2,1-2H3,(H,33,34);1H2. The summed E-state index contributed by atoms with van der Waals surface area (Å²) in [6.45, 7) is 5.19. The molecule has 0 aromatic heterocycles. The lowest BCUT2D eigenvalue weighted by molar-refractivity contribution is 0.145. The van der Waals surface area contributed by atoms with Crippen molar-refractivity contribution in [2.24, 2.45) is 0 Å². The monoisotopic (exact) mass is 564 g/mol. The second-order valence-electron chi connectivity index (χ2n) is 11.3. The summed E-state index contributed by atoms with van der Waals surface area (Å²) >= 11 is 0. The van der Waals surface area contributed by atoms with Crippen LogP contribution in [-0.2, 0) is 13.6 Å². The Bertz CT molecular complexity index is 437. The minimum atomic E-state index is -3.87. The van der Waals surface area contributed by atoms with E-state index in [1.807, 2.05) is 0 Å². The van der Waals surface area contributed by atoms with Gasteiger partial charge in [-0.3, -0.25) is 9.05 Å². The first-order valence-corrected chi connectivity index (χ1v) is 18.2. The molecule has 0 heterocycles. The minimum absolute atomic E-state index is 0. The van der Waals surface area contributed by atoms with Crippen LogP contribution in [0.4, 0.5) is 0 Å². The highest BCUT2D eigenvalue weighted by Crippen LogP contribution is 2.43. The van der Waals surface area contributed by atoms with Gasteiger partial charge in [-0.1, -0.05) is 181 Å². The molecule has 0 rings (SSSR count). The van der Waals surface area contributed by atoms with Gasteiger partial charge in [0.15, 0.2) is 0 Å². The van der Waals surface area contributed by atoms with E-state index in [4.69, 9.17) is 9.05 Å². The van der Waals surface area contributed by atoms with Crippen molar-refractivity contribution in [3.05, 3.63) is 0 Å². The fraction of sp³-hybridized carbons (Fsp3) is 1.00. The zero-order chi connectivity index (χ0) is 27.1. The summed E-state index contributed by atoms with van der Waals surface area (Å²) in [5.41, 5.74) is 0. The average Bonchev–Trinajstić information content (AvgIpc) is 2.88. The first-order chi connectivity index (χ1) is 18.1. The molecule has 0 saturated heterocycles. The van der Waals surface area contributed by atoms with Gasteiger partial charge in [0.1, 0.15) is 0 Å². The molecule has 0 radical (unpaired) electrons. The molecule has 0 bridgehead atoms. The van der Waals surface area contributed by atoms with Crippen LogP contribution in [0.1, 0.15) is 194 Å². The maximum atomic E-state index is 12.0. The van der Waals surface area contributed by atoms with Gasteiger partial charge in [-0.2, -0.15) is 0 Å². The van der Waals surface area contributed by atoms with E-state index in [1.165, 1.54) is 154 Å². The lowest BCUT2D eigenvalue weighted by Gasteiger charge is -2.12. The molecule has 3 N–H and O–H groups in total. The molecule has 0 fully saturated rings. The number of phosphoric acid groups is 1. The van der Waals surface area contributed by atoms with Crippen molar-refractivity contribution in [2.45, 2.75) is 194 Å². The van der Waals surface area contributed by atoms with Gasteiger partial charge in [0.25, 0.3) is 0 Å². The predicted molar refractivity (Wildman–Crippen MR) is 166 cm³/mol. The normalized spacial score (nSPS) is 11.7. The van der Waals surface area contributed by atoms with Gasteiger partial charge in [-0.25, -0.2) is 4.57 Å². The Balaban J connectivity index is 0. The van der Waals surface area contributed by atoms with Crippen molar-refractivity contribution >= 4 is 7.82 Å². The van der Waals surface area contributed by atoms with E-state index >= 15 is 0 Å². The van der Waals surface area contributed by atoms with Crippen molar-refractivity contribution in [1.82, 2.24) is 0 Å². The highest BCUT2D eigenvalue weighted by Gasteiger charge is 2.19. The van der Waals surface area contributed by atoms with Gasteiger partial charge in [0.05, 0.1) is 13.2 Å². The van der Waals surface area contributed by atoms with Gasteiger partial charge < -0.3 is 10.4 Å². The molecule has 0 amide bonds. The predicted octanol–water partition coefficient (Wildman–Crippen LogP) is 11.3. The van der Waals surface area contributed by atoms with E-state index in [9.17, 15) is 9.46 Å². The van der Waals surface area contributed by atoms with Crippen LogP contribution in [0, 0.1) is 0 Å². The molecule has 0 atom stereocenters.